The fourth-order valence-electron chi connectivity index (χ4n) is 1.74. The average Bonchev–Trinajstić information content (AvgIpc) is 2.46. The maximum atomic E-state index is 11.5. The summed E-state index contributed by atoms with van der Waals surface area (Å²) in [5, 5.41) is 2.87. The molecule has 3 N–H and O–H groups in total. The zero-order valence-corrected chi connectivity index (χ0v) is 9.91. The summed E-state index contributed by atoms with van der Waals surface area (Å²) < 4.78 is 0. The van der Waals surface area contributed by atoms with Gasteiger partial charge >= 0.3 is 0 Å². The van der Waals surface area contributed by atoms with Crippen LogP contribution in [0.4, 0.5) is 0 Å². The number of rotatable bonds is 4. The van der Waals surface area contributed by atoms with Gasteiger partial charge in [-0.2, -0.15) is 0 Å². The molecule has 18 heavy (non-hydrogen) atoms. The number of benzene rings is 1. The number of carbonyl (C=O) groups is 1. The van der Waals surface area contributed by atoms with Crippen molar-refractivity contribution in [2.45, 2.75) is 6.04 Å². The van der Waals surface area contributed by atoms with Crippen molar-refractivity contribution < 1.29 is 4.79 Å². The Bertz CT molecular complexity index is 459. The van der Waals surface area contributed by atoms with E-state index in [4.69, 9.17) is 5.73 Å². The molecule has 0 saturated heterocycles. The first-order chi connectivity index (χ1) is 8.81. The summed E-state index contributed by atoms with van der Waals surface area (Å²) in [5.41, 5.74) is 7.13. The van der Waals surface area contributed by atoms with Crippen LogP contribution in [-0.4, -0.2) is 17.4 Å². The lowest BCUT2D eigenvalue weighted by Crippen LogP contribution is -2.34. The third kappa shape index (κ3) is 2.93. The lowest BCUT2D eigenvalue weighted by atomic mass is 10.0. The van der Waals surface area contributed by atoms with Gasteiger partial charge in [0.2, 0.25) is 5.91 Å². The first-order valence-corrected chi connectivity index (χ1v) is 5.76. The van der Waals surface area contributed by atoms with Gasteiger partial charge in [-0.15, -0.1) is 0 Å². The van der Waals surface area contributed by atoms with Crippen molar-refractivity contribution in [3.8, 4) is 0 Å². The van der Waals surface area contributed by atoms with Gasteiger partial charge in [0.05, 0.1) is 18.3 Å². The number of pyridine rings is 1. The summed E-state index contributed by atoms with van der Waals surface area (Å²) in [7, 11) is 0. The van der Waals surface area contributed by atoms with Crippen molar-refractivity contribution in [3.05, 3.63) is 66.0 Å². The van der Waals surface area contributed by atoms with E-state index in [2.05, 4.69) is 10.3 Å². The molecule has 2 rings (SSSR count). The van der Waals surface area contributed by atoms with E-state index in [0.717, 1.165) is 11.3 Å². The van der Waals surface area contributed by atoms with Gasteiger partial charge in [-0.1, -0.05) is 36.4 Å². The molecule has 1 amide bonds. The van der Waals surface area contributed by atoms with Gasteiger partial charge < -0.3 is 11.1 Å². The normalized spacial score (nSPS) is 11.8. The topological polar surface area (TPSA) is 68.0 Å². The Morgan fingerprint density at radius 1 is 1.17 bits per heavy atom. The molecular formula is C14H15N3O. The van der Waals surface area contributed by atoms with Crippen LogP contribution in [0, 0.1) is 0 Å². The second kappa shape index (κ2) is 5.93. The van der Waals surface area contributed by atoms with Crippen LogP contribution in [-0.2, 0) is 4.79 Å². The highest BCUT2D eigenvalue weighted by molar-refractivity contribution is 5.78. The van der Waals surface area contributed by atoms with Gasteiger partial charge in [0, 0.05) is 6.20 Å². The van der Waals surface area contributed by atoms with Gasteiger partial charge in [-0.05, 0) is 17.7 Å². The van der Waals surface area contributed by atoms with Crippen LogP contribution < -0.4 is 11.1 Å². The molecule has 2 aromatic rings. The molecule has 0 saturated carbocycles. The molecule has 0 aliphatic rings. The standard InChI is InChI=1S/C14H15N3O/c15-10-13(18)17-14(11-6-2-1-3-7-11)12-8-4-5-9-16-12/h1-9,14H,10,15H2,(H,17,18). The van der Waals surface area contributed by atoms with Crippen molar-refractivity contribution in [2.75, 3.05) is 6.54 Å². The number of hydrogen-bond donors (Lipinski definition) is 2. The zero-order chi connectivity index (χ0) is 12.8. The summed E-state index contributed by atoms with van der Waals surface area (Å²) in [6.45, 7) is -0.0316. The molecule has 1 heterocycles. The third-order valence-corrected chi connectivity index (χ3v) is 2.61. The summed E-state index contributed by atoms with van der Waals surface area (Å²) >= 11 is 0. The number of carbonyl (C=O) groups excluding carboxylic acids is 1. The SMILES string of the molecule is NCC(=O)NC(c1ccccc1)c1ccccn1. The lowest BCUT2D eigenvalue weighted by Gasteiger charge is -2.18. The van der Waals surface area contributed by atoms with Crippen LogP contribution in [0.25, 0.3) is 0 Å². The number of nitrogens with two attached hydrogens (primary N) is 1. The number of aromatic nitrogens is 1. The maximum Gasteiger partial charge on any atom is 0.234 e. The molecule has 4 nitrogen and oxygen atoms in total. The second-order valence-corrected chi connectivity index (χ2v) is 3.87. The Labute approximate surface area is 106 Å². The molecular weight excluding hydrogens is 226 g/mol. The molecule has 0 radical (unpaired) electrons. The molecule has 1 unspecified atom stereocenters. The monoisotopic (exact) mass is 241 g/mol. The minimum Gasteiger partial charge on any atom is -0.343 e. The van der Waals surface area contributed by atoms with Gasteiger partial charge in [0.25, 0.3) is 0 Å². The third-order valence-electron chi connectivity index (χ3n) is 2.61. The molecule has 0 spiro atoms. The van der Waals surface area contributed by atoms with Crippen LogP contribution in [0.3, 0.4) is 0 Å². The Hall–Kier alpha value is -2.20. The van der Waals surface area contributed by atoms with Crippen molar-refractivity contribution in [1.29, 1.82) is 0 Å². The van der Waals surface area contributed by atoms with E-state index >= 15 is 0 Å². The quantitative estimate of drug-likeness (QED) is 0.846. The predicted molar refractivity (Wildman–Crippen MR) is 69.7 cm³/mol. The largest absolute Gasteiger partial charge is 0.343 e. The molecule has 92 valence electrons. The van der Waals surface area contributed by atoms with Gasteiger partial charge in [-0.3, -0.25) is 9.78 Å². The summed E-state index contributed by atoms with van der Waals surface area (Å²) in [5.74, 6) is -0.200. The first kappa shape index (κ1) is 12.3. The minimum absolute atomic E-state index is 0.0316. The van der Waals surface area contributed by atoms with E-state index < -0.39 is 0 Å². The van der Waals surface area contributed by atoms with Gasteiger partial charge in [0.1, 0.15) is 0 Å². The van der Waals surface area contributed by atoms with Crippen molar-refractivity contribution in [3.63, 3.8) is 0 Å². The van der Waals surface area contributed by atoms with Crippen LogP contribution in [0.15, 0.2) is 54.7 Å². The average molecular weight is 241 g/mol. The van der Waals surface area contributed by atoms with Crippen molar-refractivity contribution in [2.24, 2.45) is 5.73 Å². The molecule has 0 bridgehead atoms. The number of nitrogens with zero attached hydrogens (tertiary/aromatic N) is 1. The Morgan fingerprint density at radius 3 is 2.50 bits per heavy atom. The molecule has 1 atom stereocenters. The highest BCUT2D eigenvalue weighted by atomic mass is 16.1. The summed E-state index contributed by atoms with van der Waals surface area (Å²) in [4.78, 5) is 15.8. The minimum atomic E-state index is -0.261. The maximum absolute atomic E-state index is 11.5. The predicted octanol–water partition coefficient (Wildman–Crippen LogP) is 1.25. The molecule has 4 heteroatoms. The van der Waals surface area contributed by atoms with E-state index in [9.17, 15) is 4.79 Å². The summed E-state index contributed by atoms with van der Waals surface area (Å²) in [6.07, 6.45) is 1.71. The summed E-state index contributed by atoms with van der Waals surface area (Å²) in [6, 6.07) is 15.1. The van der Waals surface area contributed by atoms with E-state index in [-0.39, 0.29) is 18.5 Å². The van der Waals surface area contributed by atoms with E-state index in [0.29, 0.717) is 0 Å². The Morgan fingerprint density at radius 2 is 1.89 bits per heavy atom. The van der Waals surface area contributed by atoms with Crippen LogP contribution in [0.1, 0.15) is 17.3 Å². The molecule has 1 aromatic heterocycles. The van der Waals surface area contributed by atoms with Crippen molar-refractivity contribution >= 4 is 5.91 Å². The van der Waals surface area contributed by atoms with Gasteiger partial charge in [0.15, 0.2) is 0 Å². The fourth-order valence-corrected chi connectivity index (χ4v) is 1.74. The van der Waals surface area contributed by atoms with Crippen LogP contribution in [0.2, 0.25) is 0 Å². The first-order valence-electron chi connectivity index (χ1n) is 5.76. The Kier molecular flexibility index (Phi) is 4.04. The highest BCUT2D eigenvalue weighted by Crippen LogP contribution is 2.19. The highest BCUT2D eigenvalue weighted by Gasteiger charge is 2.16. The number of amides is 1. The molecule has 0 fully saturated rings. The smallest absolute Gasteiger partial charge is 0.234 e. The van der Waals surface area contributed by atoms with E-state index in [1.54, 1.807) is 6.20 Å². The Balaban J connectivity index is 2.32. The van der Waals surface area contributed by atoms with E-state index in [1.807, 2.05) is 48.5 Å². The second-order valence-electron chi connectivity index (χ2n) is 3.87. The number of hydrogen-bond acceptors (Lipinski definition) is 3. The van der Waals surface area contributed by atoms with Crippen LogP contribution in [0.5, 0.6) is 0 Å². The van der Waals surface area contributed by atoms with Crippen LogP contribution >= 0.6 is 0 Å². The van der Waals surface area contributed by atoms with E-state index in [1.165, 1.54) is 0 Å². The molecule has 1 aromatic carbocycles. The van der Waals surface area contributed by atoms with Crippen molar-refractivity contribution in [1.82, 2.24) is 10.3 Å². The fraction of sp³-hybridized carbons (Fsp3) is 0.143. The van der Waals surface area contributed by atoms with Gasteiger partial charge in [-0.25, -0.2) is 0 Å². The molecule has 0 aliphatic carbocycles. The molecule has 0 aliphatic heterocycles. The zero-order valence-electron chi connectivity index (χ0n) is 9.91. The number of nitrogens with one attached hydrogen (secondary N) is 1. The lowest BCUT2D eigenvalue weighted by molar-refractivity contribution is -0.120.